The van der Waals surface area contributed by atoms with E-state index < -0.39 is 11.9 Å². The lowest BCUT2D eigenvalue weighted by molar-refractivity contribution is -0.140. The van der Waals surface area contributed by atoms with Crippen molar-refractivity contribution in [1.29, 1.82) is 0 Å². The molecule has 0 amide bonds. The lowest BCUT2D eigenvalue weighted by atomic mass is 10.1. The van der Waals surface area contributed by atoms with Crippen LogP contribution >= 0.6 is 0 Å². The number of carboxylic acids is 1. The topological polar surface area (TPSA) is 63.6 Å². The molecular formula is C13H22O4. The third-order valence-electron chi connectivity index (χ3n) is 2.39. The monoisotopic (exact) mass is 242 g/mol. The number of esters is 1. The molecule has 0 spiro atoms. The van der Waals surface area contributed by atoms with Crippen molar-refractivity contribution in [1.82, 2.24) is 0 Å². The predicted octanol–water partition coefficient (Wildman–Crippen LogP) is 2.92. The first-order valence-corrected chi connectivity index (χ1v) is 6.16. The molecule has 1 N–H and O–H groups in total. The van der Waals surface area contributed by atoms with Gasteiger partial charge >= 0.3 is 11.9 Å². The van der Waals surface area contributed by atoms with E-state index in [-0.39, 0.29) is 5.57 Å². The standard InChI is InChI=1S/C13H22O4/c1-3-4-5-6-7-8-9-17-13(16)11(2)10-12(14)15/h10H,3-9H2,1-2H3,(H,14,15)/b11-10-. The molecule has 0 bridgehead atoms. The zero-order chi connectivity index (χ0) is 13.1. The number of ether oxygens (including phenoxy) is 1. The van der Waals surface area contributed by atoms with Gasteiger partial charge in [-0.1, -0.05) is 39.0 Å². The summed E-state index contributed by atoms with van der Waals surface area (Å²) in [5, 5.41) is 8.44. The van der Waals surface area contributed by atoms with Crippen LogP contribution in [0.25, 0.3) is 0 Å². The Morgan fingerprint density at radius 3 is 2.29 bits per heavy atom. The molecule has 0 radical (unpaired) electrons. The van der Waals surface area contributed by atoms with Crippen LogP contribution in [0.15, 0.2) is 11.6 Å². The van der Waals surface area contributed by atoms with E-state index in [1.807, 2.05) is 0 Å². The fourth-order valence-electron chi connectivity index (χ4n) is 1.41. The van der Waals surface area contributed by atoms with Crippen LogP contribution < -0.4 is 0 Å². The lowest BCUT2D eigenvalue weighted by Gasteiger charge is -2.04. The molecule has 0 unspecified atom stereocenters. The number of carboxylic acid groups (broad SMARTS) is 1. The zero-order valence-corrected chi connectivity index (χ0v) is 10.7. The summed E-state index contributed by atoms with van der Waals surface area (Å²) in [6.07, 6.45) is 7.61. The average Bonchev–Trinajstić information content (AvgIpc) is 2.26. The molecule has 0 saturated heterocycles. The first-order valence-electron chi connectivity index (χ1n) is 6.16. The van der Waals surface area contributed by atoms with Gasteiger partial charge in [0.05, 0.1) is 6.61 Å². The molecule has 0 aliphatic carbocycles. The third-order valence-corrected chi connectivity index (χ3v) is 2.39. The molecule has 0 saturated carbocycles. The van der Waals surface area contributed by atoms with Gasteiger partial charge < -0.3 is 9.84 Å². The maximum atomic E-state index is 11.3. The fraction of sp³-hybridized carbons (Fsp3) is 0.692. The summed E-state index contributed by atoms with van der Waals surface area (Å²) in [5.74, 6) is -1.67. The largest absolute Gasteiger partial charge is 0.478 e. The van der Waals surface area contributed by atoms with Gasteiger partial charge in [0.2, 0.25) is 0 Å². The van der Waals surface area contributed by atoms with E-state index in [0.717, 1.165) is 25.3 Å². The van der Waals surface area contributed by atoms with E-state index in [0.29, 0.717) is 6.61 Å². The van der Waals surface area contributed by atoms with Gasteiger partial charge in [-0.15, -0.1) is 0 Å². The second-order valence-corrected chi connectivity index (χ2v) is 4.07. The van der Waals surface area contributed by atoms with E-state index in [9.17, 15) is 9.59 Å². The fourth-order valence-corrected chi connectivity index (χ4v) is 1.41. The van der Waals surface area contributed by atoms with Crippen molar-refractivity contribution in [3.63, 3.8) is 0 Å². The van der Waals surface area contributed by atoms with Gasteiger partial charge in [-0.05, 0) is 13.3 Å². The van der Waals surface area contributed by atoms with E-state index in [2.05, 4.69) is 6.92 Å². The highest BCUT2D eigenvalue weighted by Gasteiger charge is 2.06. The summed E-state index contributed by atoms with van der Waals surface area (Å²) in [6, 6.07) is 0. The Labute approximate surface area is 103 Å². The first kappa shape index (κ1) is 15.7. The van der Waals surface area contributed by atoms with Crippen molar-refractivity contribution in [3.8, 4) is 0 Å². The molecule has 4 nitrogen and oxygen atoms in total. The maximum Gasteiger partial charge on any atom is 0.333 e. The summed E-state index contributed by atoms with van der Waals surface area (Å²) in [4.78, 5) is 21.6. The molecular weight excluding hydrogens is 220 g/mol. The Bertz CT molecular complexity index is 269. The Hall–Kier alpha value is -1.32. The third kappa shape index (κ3) is 9.60. The van der Waals surface area contributed by atoms with Gasteiger partial charge in [-0.3, -0.25) is 0 Å². The molecule has 4 heteroatoms. The van der Waals surface area contributed by atoms with Crippen LogP contribution in [0.3, 0.4) is 0 Å². The second-order valence-electron chi connectivity index (χ2n) is 4.07. The summed E-state index contributed by atoms with van der Waals surface area (Å²) in [6.45, 7) is 3.98. The van der Waals surface area contributed by atoms with Crippen LogP contribution in [0.4, 0.5) is 0 Å². The van der Waals surface area contributed by atoms with Crippen LogP contribution in [0.5, 0.6) is 0 Å². The number of aliphatic carboxylic acids is 1. The highest BCUT2D eigenvalue weighted by Crippen LogP contribution is 2.05. The molecule has 98 valence electrons. The second kappa shape index (κ2) is 9.87. The lowest BCUT2D eigenvalue weighted by Crippen LogP contribution is -2.08. The molecule has 0 heterocycles. The summed E-state index contributed by atoms with van der Waals surface area (Å²) in [7, 11) is 0. The van der Waals surface area contributed by atoms with Crippen molar-refractivity contribution in [2.75, 3.05) is 6.61 Å². The van der Waals surface area contributed by atoms with Gasteiger partial charge in [-0.25, -0.2) is 9.59 Å². The van der Waals surface area contributed by atoms with Crippen molar-refractivity contribution in [3.05, 3.63) is 11.6 Å². The Balaban J connectivity index is 3.55. The maximum absolute atomic E-state index is 11.3. The quantitative estimate of drug-likeness (QED) is 0.383. The number of rotatable bonds is 9. The first-order chi connectivity index (χ1) is 8.07. The van der Waals surface area contributed by atoms with Gasteiger partial charge in [-0.2, -0.15) is 0 Å². The molecule has 0 atom stereocenters. The van der Waals surface area contributed by atoms with Crippen LogP contribution in [0.1, 0.15) is 52.4 Å². The molecule has 0 aromatic rings. The van der Waals surface area contributed by atoms with Crippen LogP contribution in [0.2, 0.25) is 0 Å². The number of hydrogen-bond acceptors (Lipinski definition) is 3. The minimum absolute atomic E-state index is 0.128. The smallest absolute Gasteiger partial charge is 0.333 e. The molecule has 17 heavy (non-hydrogen) atoms. The Morgan fingerprint density at radius 1 is 1.12 bits per heavy atom. The van der Waals surface area contributed by atoms with Gasteiger partial charge in [0.1, 0.15) is 0 Å². The number of unbranched alkanes of at least 4 members (excludes halogenated alkanes) is 5. The molecule has 0 aliphatic rings. The van der Waals surface area contributed by atoms with E-state index in [4.69, 9.17) is 9.84 Å². The van der Waals surface area contributed by atoms with Crippen molar-refractivity contribution in [2.24, 2.45) is 0 Å². The van der Waals surface area contributed by atoms with Crippen molar-refractivity contribution in [2.45, 2.75) is 52.4 Å². The summed E-state index contributed by atoms with van der Waals surface area (Å²) < 4.78 is 4.94. The van der Waals surface area contributed by atoms with Crippen LogP contribution in [0, 0.1) is 0 Å². The van der Waals surface area contributed by atoms with E-state index in [1.165, 1.54) is 26.2 Å². The Kier molecular flexibility index (Phi) is 9.11. The minimum Gasteiger partial charge on any atom is -0.478 e. The van der Waals surface area contributed by atoms with Crippen LogP contribution in [-0.2, 0) is 14.3 Å². The Morgan fingerprint density at radius 2 is 1.71 bits per heavy atom. The molecule has 0 rings (SSSR count). The minimum atomic E-state index is -1.13. The van der Waals surface area contributed by atoms with Crippen molar-refractivity contribution >= 4 is 11.9 Å². The predicted molar refractivity (Wildman–Crippen MR) is 65.7 cm³/mol. The SMILES string of the molecule is CCCCCCCCOC(=O)/C(C)=C\C(=O)O. The molecule has 0 aromatic heterocycles. The molecule has 0 aromatic carbocycles. The molecule has 0 fully saturated rings. The van der Waals surface area contributed by atoms with Crippen molar-refractivity contribution < 1.29 is 19.4 Å². The number of carbonyl (C=O) groups excluding carboxylic acids is 1. The van der Waals surface area contributed by atoms with Crippen LogP contribution in [-0.4, -0.2) is 23.7 Å². The number of carbonyl (C=O) groups is 2. The normalized spacial score (nSPS) is 11.3. The van der Waals surface area contributed by atoms with Gasteiger partial charge in [0.15, 0.2) is 0 Å². The average molecular weight is 242 g/mol. The zero-order valence-electron chi connectivity index (χ0n) is 10.7. The summed E-state index contributed by atoms with van der Waals surface area (Å²) in [5.41, 5.74) is 0.128. The van der Waals surface area contributed by atoms with Gasteiger partial charge in [0, 0.05) is 11.6 Å². The highest BCUT2D eigenvalue weighted by atomic mass is 16.5. The van der Waals surface area contributed by atoms with E-state index >= 15 is 0 Å². The number of hydrogen-bond donors (Lipinski definition) is 1. The molecule has 0 aliphatic heterocycles. The summed E-state index contributed by atoms with van der Waals surface area (Å²) >= 11 is 0. The van der Waals surface area contributed by atoms with Gasteiger partial charge in [0.25, 0.3) is 0 Å². The van der Waals surface area contributed by atoms with E-state index in [1.54, 1.807) is 0 Å². The highest BCUT2D eigenvalue weighted by molar-refractivity contribution is 5.95.